The smallest absolute Gasteiger partial charge is 0.192 e. The molecule has 0 aromatic heterocycles. The quantitative estimate of drug-likeness (QED) is 0.514. The molecule has 0 amide bonds. The molecule has 0 saturated heterocycles. The van der Waals surface area contributed by atoms with Crippen molar-refractivity contribution in [2.24, 2.45) is 17.3 Å². The molecule has 0 spiro atoms. The first-order valence-corrected chi connectivity index (χ1v) is 13.5. The van der Waals surface area contributed by atoms with Gasteiger partial charge >= 0.3 is 0 Å². The third-order valence-corrected chi connectivity index (χ3v) is 12.4. The average Bonchev–Trinajstić information content (AvgIpc) is 3.03. The number of ether oxygens (including phenoxy) is 1. The number of rotatable bonds is 10. The molecule has 0 heterocycles. The van der Waals surface area contributed by atoms with Gasteiger partial charge in [-0.3, -0.25) is 0 Å². The van der Waals surface area contributed by atoms with Gasteiger partial charge in [0.05, 0.1) is 13.2 Å². The molecular weight excluding hydrogens is 350 g/mol. The molecule has 2 saturated carbocycles. The SMILES string of the molecule is CC[Si](CC)(CC)OC(CN[C@H]1C[C@@H]2[C@H](C1)C2(C)C)c1ccccc1OC. The molecule has 4 atom stereocenters. The molecule has 4 heteroatoms. The lowest BCUT2D eigenvalue weighted by atomic mass is 9.97. The van der Waals surface area contributed by atoms with E-state index in [1.54, 1.807) is 7.11 Å². The third-order valence-electron chi connectivity index (χ3n) is 7.77. The van der Waals surface area contributed by atoms with Crippen molar-refractivity contribution in [3.8, 4) is 5.75 Å². The molecule has 27 heavy (non-hydrogen) atoms. The molecule has 2 fully saturated rings. The fourth-order valence-electron chi connectivity index (χ4n) is 5.39. The van der Waals surface area contributed by atoms with E-state index in [9.17, 15) is 0 Å². The zero-order valence-electron chi connectivity index (χ0n) is 18.2. The molecule has 2 aliphatic carbocycles. The van der Waals surface area contributed by atoms with Crippen LogP contribution < -0.4 is 10.1 Å². The summed E-state index contributed by atoms with van der Waals surface area (Å²) in [6, 6.07) is 12.6. The van der Waals surface area contributed by atoms with E-state index in [-0.39, 0.29) is 6.10 Å². The van der Waals surface area contributed by atoms with Crippen LogP contribution in [0, 0.1) is 17.3 Å². The van der Waals surface area contributed by atoms with Crippen molar-refractivity contribution >= 4 is 8.32 Å². The van der Waals surface area contributed by atoms with Crippen molar-refractivity contribution < 1.29 is 9.16 Å². The van der Waals surface area contributed by atoms with Gasteiger partial charge in [0.25, 0.3) is 0 Å². The van der Waals surface area contributed by atoms with Gasteiger partial charge in [0.15, 0.2) is 8.32 Å². The lowest BCUT2D eigenvalue weighted by Crippen LogP contribution is -2.41. The molecule has 152 valence electrons. The Balaban J connectivity index is 1.72. The second-order valence-corrected chi connectivity index (χ2v) is 13.9. The normalized spacial score (nSPS) is 27.3. The van der Waals surface area contributed by atoms with E-state index in [4.69, 9.17) is 9.16 Å². The van der Waals surface area contributed by atoms with Gasteiger partial charge in [-0.2, -0.15) is 0 Å². The Labute approximate surface area is 167 Å². The maximum atomic E-state index is 6.95. The van der Waals surface area contributed by atoms with Gasteiger partial charge in [-0.25, -0.2) is 0 Å². The fourth-order valence-corrected chi connectivity index (χ4v) is 8.21. The lowest BCUT2D eigenvalue weighted by Gasteiger charge is -2.35. The van der Waals surface area contributed by atoms with Gasteiger partial charge in [-0.15, -0.1) is 0 Å². The predicted molar refractivity (Wildman–Crippen MR) is 116 cm³/mol. The van der Waals surface area contributed by atoms with Gasteiger partial charge < -0.3 is 14.5 Å². The van der Waals surface area contributed by atoms with Crippen LogP contribution in [0.5, 0.6) is 5.75 Å². The van der Waals surface area contributed by atoms with Crippen molar-refractivity contribution in [2.75, 3.05) is 13.7 Å². The summed E-state index contributed by atoms with van der Waals surface area (Å²) in [5, 5.41) is 3.87. The zero-order valence-corrected chi connectivity index (χ0v) is 19.2. The largest absolute Gasteiger partial charge is 0.496 e. The monoisotopic (exact) mass is 389 g/mol. The number of hydrogen-bond acceptors (Lipinski definition) is 3. The predicted octanol–water partition coefficient (Wildman–Crippen LogP) is 5.78. The Morgan fingerprint density at radius 2 is 1.67 bits per heavy atom. The van der Waals surface area contributed by atoms with Crippen molar-refractivity contribution in [1.82, 2.24) is 5.32 Å². The van der Waals surface area contributed by atoms with E-state index in [1.807, 2.05) is 6.07 Å². The van der Waals surface area contributed by atoms with Crippen LogP contribution in [0.2, 0.25) is 18.1 Å². The van der Waals surface area contributed by atoms with Crippen LogP contribution in [0.15, 0.2) is 24.3 Å². The minimum absolute atomic E-state index is 0.0811. The summed E-state index contributed by atoms with van der Waals surface area (Å²) in [6.45, 7) is 12.7. The third kappa shape index (κ3) is 4.13. The van der Waals surface area contributed by atoms with Crippen LogP contribution in [-0.2, 0) is 4.43 Å². The van der Waals surface area contributed by atoms with Crippen molar-refractivity contribution in [3.63, 3.8) is 0 Å². The Kier molecular flexibility index (Phi) is 6.39. The van der Waals surface area contributed by atoms with Gasteiger partial charge in [-0.05, 0) is 54.3 Å². The number of hydrogen-bond donors (Lipinski definition) is 1. The summed E-state index contributed by atoms with van der Waals surface area (Å²) in [6.07, 6.45) is 2.74. The standard InChI is InChI=1S/C23H39NO2Si/c1-7-27(8-2,9-3)26-22(18-12-10-11-13-21(18)25-6)16-24-17-14-19-20(15-17)23(19,4)5/h10-13,17,19-20,22,24H,7-9,14-16H2,1-6H3/t17-,19+,20-,22?. The number of methoxy groups -OCH3 is 1. The van der Waals surface area contributed by atoms with Gasteiger partial charge in [0.2, 0.25) is 0 Å². The molecule has 1 aromatic carbocycles. The molecular formula is C23H39NO2Si. The van der Waals surface area contributed by atoms with Crippen LogP contribution >= 0.6 is 0 Å². The minimum Gasteiger partial charge on any atom is -0.496 e. The van der Waals surface area contributed by atoms with E-state index in [0.717, 1.165) is 24.1 Å². The maximum absolute atomic E-state index is 6.95. The van der Waals surface area contributed by atoms with Crippen molar-refractivity contribution in [3.05, 3.63) is 29.8 Å². The van der Waals surface area contributed by atoms with Crippen LogP contribution in [-0.4, -0.2) is 28.0 Å². The first-order chi connectivity index (χ1) is 12.9. The molecule has 3 rings (SSSR count). The fraction of sp³-hybridized carbons (Fsp3) is 0.739. The van der Waals surface area contributed by atoms with Crippen molar-refractivity contribution in [1.29, 1.82) is 0 Å². The van der Waals surface area contributed by atoms with E-state index in [0.29, 0.717) is 11.5 Å². The molecule has 1 unspecified atom stereocenters. The highest BCUT2D eigenvalue weighted by atomic mass is 28.4. The van der Waals surface area contributed by atoms with E-state index in [1.165, 1.54) is 36.5 Å². The molecule has 1 N–H and O–H groups in total. The van der Waals surface area contributed by atoms with Gasteiger partial charge in [0, 0.05) is 18.2 Å². The van der Waals surface area contributed by atoms with Crippen LogP contribution in [0.3, 0.4) is 0 Å². The average molecular weight is 390 g/mol. The van der Waals surface area contributed by atoms with Crippen LogP contribution in [0.4, 0.5) is 0 Å². The summed E-state index contributed by atoms with van der Waals surface area (Å²) < 4.78 is 12.6. The molecule has 0 bridgehead atoms. The highest BCUT2D eigenvalue weighted by Gasteiger charge is 2.61. The summed E-state index contributed by atoms with van der Waals surface area (Å²) in [4.78, 5) is 0. The lowest BCUT2D eigenvalue weighted by molar-refractivity contribution is 0.175. The summed E-state index contributed by atoms with van der Waals surface area (Å²) in [5.74, 6) is 2.80. The summed E-state index contributed by atoms with van der Waals surface area (Å²) >= 11 is 0. The van der Waals surface area contributed by atoms with Crippen LogP contribution in [0.25, 0.3) is 0 Å². The van der Waals surface area contributed by atoms with Crippen molar-refractivity contribution in [2.45, 2.75) is 77.7 Å². The van der Waals surface area contributed by atoms with E-state index < -0.39 is 8.32 Å². The number of fused-ring (bicyclic) bond motifs is 1. The zero-order chi connectivity index (χ0) is 19.7. The Morgan fingerprint density at radius 1 is 1.07 bits per heavy atom. The molecule has 0 aliphatic heterocycles. The molecule has 0 radical (unpaired) electrons. The highest BCUT2D eigenvalue weighted by molar-refractivity contribution is 6.73. The molecule has 2 aliphatic rings. The Bertz CT molecular complexity index is 606. The first kappa shape index (κ1) is 20.9. The number of nitrogens with one attached hydrogen (secondary N) is 1. The number of para-hydroxylation sites is 1. The highest BCUT2D eigenvalue weighted by Crippen LogP contribution is 2.66. The molecule has 1 aromatic rings. The van der Waals surface area contributed by atoms with Gasteiger partial charge in [0.1, 0.15) is 5.75 Å². The number of benzene rings is 1. The van der Waals surface area contributed by atoms with E-state index >= 15 is 0 Å². The Hall–Kier alpha value is -0.843. The maximum Gasteiger partial charge on any atom is 0.192 e. The second kappa shape index (κ2) is 8.26. The minimum atomic E-state index is -1.70. The van der Waals surface area contributed by atoms with E-state index in [2.05, 4.69) is 58.1 Å². The Morgan fingerprint density at radius 3 is 2.22 bits per heavy atom. The van der Waals surface area contributed by atoms with Gasteiger partial charge in [-0.1, -0.05) is 52.8 Å². The van der Waals surface area contributed by atoms with Crippen LogP contribution in [0.1, 0.15) is 59.1 Å². The summed E-state index contributed by atoms with van der Waals surface area (Å²) in [7, 11) is 0.0649. The summed E-state index contributed by atoms with van der Waals surface area (Å²) in [5.41, 5.74) is 1.79. The first-order valence-electron chi connectivity index (χ1n) is 10.9. The topological polar surface area (TPSA) is 30.5 Å². The molecule has 3 nitrogen and oxygen atoms in total. The second-order valence-electron chi connectivity index (χ2n) is 9.20.